The average molecular weight is 368 g/mol. The van der Waals surface area contributed by atoms with Crippen molar-refractivity contribution >= 4 is 17.1 Å². The van der Waals surface area contributed by atoms with Gasteiger partial charge in [-0.05, 0) is 35.7 Å². The normalized spacial score (nSPS) is 13.2. The number of ketones is 1. The summed E-state index contributed by atoms with van der Waals surface area (Å²) < 4.78 is 12.4. The molecule has 0 radical (unpaired) electrons. The van der Waals surface area contributed by atoms with Crippen molar-refractivity contribution in [1.29, 1.82) is 0 Å². The second kappa shape index (κ2) is 7.13. The van der Waals surface area contributed by atoms with E-state index in [4.69, 9.17) is 9.47 Å². The molecule has 0 atom stereocenters. The van der Waals surface area contributed by atoms with Gasteiger partial charge < -0.3 is 9.47 Å². The molecule has 26 heavy (non-hydrogen) atoms. The number of fused-ring (bicyclic) bond motifs is 1. The highest BCUT2D eigenvalue weighted by atomic mass is 32.1. The number of aromatic nitrogens is 2. The average Bonchev–Trinajstić information content (AvgIpc) is 3.08. The van der Waals surface area contributed by atoms with Gasteiger partial charge in [-0.2, -0.15) is 5.10 Å². The predicted octanol–water partition coefficient (Wildman–Crippen LogP) is 3.02. The fraction of sp³-hybridized carbons (Fsp3) is 0.211. The number of hydrogen-bond donors (Lipinski definition) is 0. The quantitative estimate of drug-likeness (QED) is 0.662. The van der Waals surface area contributed by atoms with Crippen molar-refractivity contribution in [1.82, 2.24) is 9.78 Å². The van der Waals surface area contributed by atoms with E-state index in [9.17, 15) is 9.59 Å². The van der Waals surface area contributed by atoms with Gasteiger partial charge >= 0.3 is 0 Å². The molecule has 2 aromatic heterocycles. The predicted molar refractivity (Wildman–Crippen MR) is 98.2 cm³/mol. The molecule has 0 fully saturated rings. The number of benzene rings is 1. The lowest BCUT2D eigenvalue weighted by atomic mass is 10.1. The third-order valence-corrected chi connectivity index (χ3v) is 4.90. The van der Waals surface area contributed by atoms with Crippen LogP contribution in [0.5, 0.6) is 11.5 Å². The highest BCUT2D eigenvalue weighted by Gasteiger charge is 2.15. The van der Waals surface area contributed by atoms with E-state index in [1.165, 1.54) is 22.1 Å². The van der Waals surface area contributed by atoms with Crippen LogP contribution in [-0.4, -0.2) is 28.8 Å². The molecule has 0 spiro atoms. The minimum Gasteiger partial charge on any atom is -0.490 e. The summed E-state index contributed by atoms with van der Waals surface area (Å²) >= 11 is 1.53. The Kier molecular flexibility index (Phi) is 4.53. The Hall–Kier alpha value is -2.93. The maximum atomic E-state index is 12.6. The highest BCUT2D eigenvalue weighted by Crippen LogP contribution is 2.30. The molecule has 0 unspecified atom stereocenters. The number of carbonyl (C=O) groups excluding carboxylic acids is 1. The van der Waals surface area contributed by atoms with E-state index >= 15 is 0 Å². The summed E-state index contributed by atoms with van der Waals surface area (Å²) in [6.07, 6.45) is 0.798. The summed E-state index contributed by atoms with van der Waals surface area (Å²) in [4.78, 5) is 25.7. The van der Waals surface area contributed by atoms with Gasteiger partial charge in [-0.25, -0.2) is 4.68 Å². The molecule has 3 aromatic rings. The molecule has 0 aliphatic carbocycles. The van der Waals surface area contributed by atoms with E-state index in [1.807, 2.05) is 17.5 Å². The zero-order valence-electron chi connectivity index (χ0n) is 13.9. The van der Waals surface area contributed by atoms with Crippen molar-refractivity contribution in [2.24, 2.45) is 0 Å². The van der Waals surface area contributed by atoms with Crippen LogP contribution in [0.2, 0.25) is 0 Å². The molecule has 0 bridgehead atoms. The molecule has 132 valence electrons. The first-order valence-electron chi connectivity index (χ1n) is 8.25. The first-order chi connectivity index (χ1) is 12.7. The minimum absolute atomic E-state index is 0.127. The van der Waals surface area contributed by atoms with E-state index in [1.54, 1.807) is 24.3 Å². The molecule has 3 heterocycles. The van der Waals surface area contributed by atoms with E-state index in [-0.39, 0.29) is 17.9 Å². The van der Waals surface area contributed by atoms with E-state index < -0.39 is 0 Å². The number of rotatable bonds is 4. The van der Waals surface area contributed by atoms with Gasteiger partial charge in [0.1, 0.15) is 12.2 Å². The van der Waals surface area contributed by atoms with Crippen LogP contribution in [0, 0.1) is 0 Å². The van der Waals surface area contributed by atoms with Gasteiger partial charge in [-0.15, -0.1) is 11.3 Å². The van der Waals surface area contributed by atoms with Gasteiger partial charge in [0.05, 0.1) is 18.1 Å². The smallest absolute Gasteiger partial charge is 0.267 e. The molecule has 6 nitrogen and oxygen atoms in total. The number of nitrogens with zero attached hydrogens (tertiary/aromatic N) is 2. The third-order valence-electron chi connectivity index (χ3n) is 4.00. The molecule has 1 aliphatic rings. The zero-order chi connectivity index (χ0) is 17.9. The monoisotopic (exact) mass is 368 g/mol. The fourth-order valence-corrected chi connectivity index (χ4v) is 3.37. The van der Waals surface area contributed by atoms with Crippen molar-refractivity contribution in [3.63, 3.8) is 0 Å². The summed E-state index contributed by atoms with van der Waals surface area (Å²) in [6.45, 7) is 1.02. The van der Waals surface area contributed by atoms with E-state index in [2.05, 4.69) is 5.10 Å². The van der Waals surface area contributed by atoms with E-state index in [0.29, 0.717) is 36.0 Å². The van der Waals surface area contributed by atoms with Crippen LogP contribution in [-0.2, 0) is 6.54 Å². The Morgan fingerprint density at radius 3 is 2.77 bits per heavy atom. The topological polar surface area (TPSA) is 70.4 Å². The maximum absolute atomic E-state index is 12.6. The van der Waals surface area contributed by atoms with Crippen molar-refractivity contribution in [3.8, 4) is 22.1 Å². The summed E-state index contributed by atoms with van der Waals surface area (Å²) in [7, 11) is 0. The highest BCUT2D eigenvalue weighted by molar-refractivity contribution is 7.13. The number of ether oxygens (including phenoxy) is 2. The Balaban J connectivity index is 1.59. The van der Waals surface area contributed by atoms with E-state index in [0.717, 1.165) is 11.3 Å². The van der Waals surface area contributed by atoms with Gasteiger partial charge in [-0.1, -0.05) is 6.07 Å². The number of hydrogen-bond acceptors (Lipinski definition) is 6. The fourth-order valence-electron chi connectivity index (χ4n) is 2.68. The second-order valence-corrected chi connectivity index (χ2v) is 6.77. The molecule has 4 rings (SSSR count). The van der Waals surface area contributed by atoms with Gasteiger partial charge in [-0.3, -0.25) is 9.59 Å². The van der Waals surface area contributed by atoms with Crippen molar-refractivity contribution in [2.45, 2.75) is 13.0 Å². The molecule has 1 aliphatic heterocycles. The number of thiophene rings is 1. The van der Waals surface area contributed by atoms with Gasteiger partial charge in [0.2, 0.25) is 0 Å². The molecule has 0 saturated heterocycles. The van der Waals surface area contributed by atoms with Crippen LogP contribution in [0.4, 0.5) is 0 Å². The lowest BCUT2D eigenvalue weighted by molar-refractivity contribution is 0.0965. The second-order valence-electron chi connectivity index (χ2n) is 5.83. The molecular formula is C19H16N2O4S. The van der Waals surface area contributed by atoms with Crippen molar-refractivity contribution in [3.05, 3.63) is 63.8 Å². The zero-order valence-corrected chi connectivity index (χ0v) is 14.7. The van der Waals surface area contributed by atoms with Crippen LogP contribution >= 0.6 is 11.3 Å². The Labute approximate surface area is 153 Å². The summed E-state index contributed by atoms with van der Waals surface area (Å²) in [5.41, 5.74) is 0.823. The molecule has 0 saturated carbocycles. The van der Waals surface area contributed by atoms with Crippen LogP contribution in [0.3, 0.4) is 0 Å². The van der Waals surface area contributed by atoms with Crippen LogP contribution < -0.4 is 15.0 Å². The molecule has 1 aromatic carbocycles. The lowest BCUT2D eigenvalue weighted by Gasteiger charge is -2.09. The van der Waals surface area contributed by atoms with Crippen LogP contribution in [0.15, 0.2) is 52.6 Å². The summed E-state index contributed by atoms with van der Waals surface area (Å²) in [5, 5.41) is 6.26. The Morgan fingerprint density at radius 1 is 1.12 bits per heavy atom. The summed E-state index contributed by atoms with van der Waals surface area (Å²) in [5.74, 6) is 0.980. The third kappa shape index (κ3) is 3.39. The van der Waals surface area contributed by atoms with Gasteiger partial charge in [0.15, 0.2) is 17.3 Å². The van der Waals surface area contributed by atoms with Crippen LogP contribution in [0.1, 0.15) is 16.8 Å². The SMILES string of the molecule is O=C(Cn1nc(-c2cccs2)ccc1=O)c1ccc2c(c1)OCCCO2. The van der Waals surface area contributed by atoms with Crippen LogP contribution in [0.25, 0.3) is 10.6 Å². The maximum Gasteiger partial charge on any atom is 0.267 e. The minimum atomic E-state index is -0.312. The van der Waals surface area contributed by atoms with Crippen molar-refractivity contribution < 1.29 is 14.3 Å². The number of carbonyl (C=O) groups is 1. The van der Waals surface area contributed by atoms with Crippen molar-refractivity contribution in [2.75, 3.05) is 13.2 Å². The Morgan fingerprint density at radius 2 is 1.96 bits per heavy atom. The first-order valence-corrected chi connectivity index (χ1v) is 9.13. The molecule has 7 heteroatoms. The standard InChI is InChI=1S/C19H16N2O4S/c22-15(13-4-6-16-17(11-13)25-9-2-8-24-16)12-21-19(23)7-5-14(20-21)18-3-1-10-26-18/h1,3-7,10-11H,2,8-9,12H2. The summed E-state index contributed by atoms with van der Waals surface area (Å²) in [6, 6.07) is 12.0. The first kappa shape index (κ1) is 16.5. The molecular weight excluding hydrogens is 352 g/mol. The largest absolute Gasteiger partial charge is 0.490 e. The molecule has 0 amide bonds. The van der Waals surface area contributed by atoms with Gasteiger partial charge in [0.25, 0.3) is 5.56 Å². The number of Topliss-reactive ketones (excluding diaryl/α,β-unsaturated/α-hetero) is 1. The van der Waals surface area contributed by atoms with Gasteiger partial charge in [0, 0.05) is 18.1 Å². The lowest BCUT2D eigenvalue weighted by Crippen LogP contribution is -2.26. The Bertz CT molecular complexity index is 995. The molecule has 0 N–H and O–H groups in total.